The van der Waals surface area contributed by atoms with Crippen LogP contribution in [0.25, 0.3) is 0 Å². The lowest BCUT2D eigenvalue weighted by atomic mass is 10.3. The molecule has 0 radical (unpaired) electrons. The molecule has 22 heavy (non-hydrogen) atoms. The standard InChI is InChI=1S/C15H19NO5S/c1-10(2)16-14(18)9-13(21-11(3)17)15(16)22(19,20)12-7-5-4-6-8-12/h4-8,10,13,15H,9H2,1-3H3/t13-,15?/m0/s1. The van der Waals surface area contributed by atoms with Crippen molar-refractivity contribution in [2.45, 2.75) is 49.6 Å². The lowest BCUT2D eigenvalue weighted by Crippen LogP contribution is -2.47. The molecule has 0 bridgehead atoms. The number of likely N-dealkylation sites (tertiary alicyclic amines) is 1. The Morgan fingerprint density at radius 3 is 2.36 bits per heavy atom. The zero-order valence-electron chi connectivity index (χ0n) is 12.7. The van der Waals surface area contributed by atoms with Gasteiger partial charge in [0.15, 0.2) is 5.37 Å². The van der Waals surface area contributed by atoms with E-state index in [2.05, 4.69) is 0 Å². The van der Waals surface area contributed by atoms with Crippen LogP contribution in [0.3, 0.4) is 0 Å². The van der Waals surface area contributed by atoms with Gasteiger partial charge < -0.3 is 9.64 Å². The Bertz CT molecular complexity index is 668. The third-order valence-corrected chi connectivity index (χ3v) is 5.62. The van der Waals surface area contributed by atoms with Gasteiger partial charge in [0.1, 0.15) is 6.10 Å². The van der Waals surface area contributed by atoms with E-state index in [1.54, 1.807) is 32.0 Å². The molecule has 1 aromatic carbocycles. The van der Waals surface area contributed by atoms with E-state index in [1.165, 1.54) is 24.0 Å². The summed E-state index contributed by atoms with van der Waals surface area (Å²) in [5, 5.41) is -1.19. The molecule has 0 saturated carbocycles. The second-order valence-corrected chi connectivity index (χ2v) is 7.54. The van der Waals surface area contributed by atoms with Crippen molar-refractivity contribution in [1.82, 2.24) is 4.90 Å². The number of nitrogens with zero attached hydrogens (tertiary/aromatic N) is 1. The number of carbonyl (C=O) groups is 2. The minimum absolute atomic E-state index is 0.109. The molecule has 1 unspecified atom stereocenters. The highest BCUT2D eigenvalue weighted by Crippen LogP contribution is 2.32. The summed E-state index contributed by atoms with van der Waals surface area (Å²) in [5.41, 5.74) is 0. The Morgan fingerprint density at radius 1 is 1.27 bits per heavy atom. The summed E-state index contributed by atoms with van der Waals surface area (Å²) in [5.74, 6) is -0.928. The normalized spacial score (nSPS) is 22.2. The minimum Gasteiger partial charge on any atom is -0.459 e. The second kappa shape index (κ2) is 6.08. The Labute approximate surface area is 130 Å². The first-order valence-corrected chi connectivity index (χ1v) is 8.57. The maximum atomic E-state index is 12.9. The second-order valence-electron chi connectivity index (χ2n) is 5.50. The van der Waals surface area contributed by atoms with Crippen LogP contribution < -0.4 is 0 Å². The molecule has 0 spiro atoms. The van der Waals surface area contributed by atoms with Crippen molar-refractivity contribution in [3.63, 3.8) is 0 Å². The van der Waals surface area contributed by atoms with E-state index in [4.69, 9.17) is 4.74 Å². The van der Waals surface area contributed by atoms with Crippen molar-refractivity contribution in [1.29, 1.82) is 0 Å². The number of hydrogen-bond donors (Lipinski definition) is 0. The topological polar surface area (TPSA) is 80.8 Å². The van der Waals surface area contributed by atoms with Crippen molar-refractivity contribution in [2.75, 3.05) is 0 Å². The molecule has 2 atom stereocenters. The van der Waals surface area contributed by atoms with Crippen molar-refractivity contribution in [3.05, 3.63) is 30.3 Å². The molecule has 1 aromatic rings. The van der Waals surface area contributed by atoms with Gasteiger partial charge in [0.05, 0.1) is 11.3 Å². The van der Waals surface area contributed by atoms with Crippen molar-refractivity contribution >= 4 is 21.7 Å². The molecule has 120 valence electrons. The number of hydrogen-bond acceptors (Lipinski definition) is 5. The summed E-state index contributed by atoms with van der Waals surface area (Å²) in [4.78, 5) is 24.8. The highest BCUT2D eigenvalue weighted by molar-refractivity contribution is 7.92. The van der Waals surface area contributed by atoms with Crippen LogP contribution in [0.4, 0.5) is 0 Å². The largest absolute Gasteiger partial charge is 0.459 e. The molecular weight excluding hydrogens is 306 g/mol. The summed E-state index contributed by atoms with van der Waals surface area (Å²) in [7, 11) is -3.83. The van der Waals surface area contributed by atoms with Crippen molar-refractivity contribution in [3.8, 4) is 0 Å². The van der Waals surface area contributed by atoms with Crippen LogP contribution in [0.15, 0.2) is 35.2 Å². The number of ether oxygens (including phenoxy) is 1. The average Bonchev–Trinajstić information content (AvgIpc) is 2.76. The molecule has 0 aromatic heterocycles. The van der Waals surface area contributed by atoms with Gasteiger partial charge >= 0.3 is 5.97 Å². The molecule has 1 amide bonds. The minimum atomic E-state index is -3.83. The number of esters is 1. The van der Waals surface area contributed by atoms with Crippen LogP contribution in [-0.4, -0.2) is 42.7 Å². The van der Waals surface area contributed by atoms with Gasteiger partial charge in [0, 0.05) is 13.0 Å². The van der Waals surface area contributed by atoms with E-state index < -0.39 is 27.3 Å². The van der Waals surface area contributed by atoms with E-state index >= 15 is 0 Å². The molecule has 7 heteroatoms. The molecule has 1 heterocycles. The van der Waals surface area contributed by atoms with Gasteiger partial charge in [-0.25, -0.2) is 8.42 Å². The van der Waals surface area contributed by atoms with E-state index in [0.29, 0.717) is 0 Å². The van der Waals surface area contributed by atoms with E-state index in [0.717, 1.165) is 0 Å². The summed E-state index contributed by atoms with van der Waals surface area (Å²) in [6, 6.07) is 7.58. The predicted octanol–water partition coefficient (Wildman–Crippen LogP) is 1.36. The average molecular weight is 325 g/mol. The Morgan fingerprint density at radius 2 is 1.86 bits per heavy atom. The smallest absolute Gasteiger partial charge is 0.303 e. The molecule has 1 fully saturated rings. The van der Waals surface area contributed by atoms with Crippen LogP contribution in [0.5, 0.6) is 0 Å². The van der Waals surface area contributed by atoms with Gasteiger partial charge in [0.25, 0.3) is 0 Å². The van der Waals surface area contributed by atoms with E-state index in [-0.39, 0.29) is 23.3 Å². The molecular formula is C15H19NO5S. The molecule has 2 rings (SSSR count). The van der Waals surface area contributed by atoms with Crippen molar-refractivity contribution < 1.29 is 22.7 Å². The van der Waals surface area contributed by atoms with Crippen LogP contribution in [0.1, 0.15) is 27.2 Å². The van der Waals surface area contributed by atoms with Crippen LogP contribution in [0, 0.1) is 0 Å². The summed E-state index contributed by atoms with van der Waals surface area (Å²) in [6.45, 7) is 4.68. The summed E-state index contributed by atoms with van der Waals surface area (Å²) in [6.07, 6.45) is -1.10. The van der Waals surface area contributed by atoms with Crippen LogP contribution in [0.2, 0.25) is 0 Å². The van der Waals surface area contributed by atoms with Crippen LogP contribution in [-0.2, 0) is 24.2 Å². The number of carbonyl (C=O) groups excluding carboxylic acids is 2. The van der Waals surface area contributed by atoms with E-state index in [9.17, 15) is 18.0 Å². The molecule has 6 nitrogen and oxygen atoms in total. The highest BCUT2D eigenvalue weighted by atomic mass is 32.2. The first-order valence-electron chi connectivity index (χ1n) is 7.02. The first-order chi connectivity index (χ1) is 10.2. The quantitative estimate of drug-likeness (QED) is 0.781. The van der Waals surface area contributed by atoms with Gasteiger partial charge in [-0.3, -0.25) is 9.59 Å². The van der Waals surface area contributed by atoms with Gasteiger partial charge in [-0.2, -0.15) is 0 Å². The fraction of sp³-hybridized carbons (Fsp3) is 0.467. The lowest BCUT2D eigenvalue weighted by Gasteiger charge is -2.30. The summed E-state index contributed by atoms with van der Waals surface area (Å²) < 4.78 is 30.9. The monoisotopic (exact) mass is 325 g/mol. The molecule has 1 aliphatic heterocycles. The van der Waals surface area contributed by atoms with Gasteiger partial charge in [0.2, 0.25) is 15.7 Å². The fourth-order valence-corrected chi connectivity index (χ4v) is 4.72. The number of sulfone groups is 1. The van der Waals surface area contributed by atoms with E-state index in [1.807, 2.05) is 0 Å². The zero-order chi connectivity index (χ0) is 16.5. The Hall–Kier alpha value is -1.89. The fourth-order valence-electron chi connectivity index (χ4n) is 2.69. The van der Waals surface area contributed by atoms with Gasteiger partial charge in [-0.05, 0) is 26.0 Å². The number of rotatable bonds is 4. The third kappa shape index (κ3) is 2.99. The zero-order valence-corrected chi connectivity index (χ0v) is 13.5. The first kappa shape index (κ1) is 16.5. The molecule has 1 aliphatic rings. The van der Waals surface area contributed by atoms with Gasteiger partial charge in [-0.1, -0.05) is 18.2 Å². The summed E-state index contributed by atoms with van der Waals surface area (Å²) >= 11 is 0. The third-order valence-electron chi connectivity index (χ3n) is 3.52. The molecule has 0 aliphatic carbocycles. The Kier molecular flexibility index (Phi) is 4.55. The molecule has 1 saturated heterocycles. The lowest BCUT2D eigenvalue weighted by molar-refractivity contribution is -0.146. The maximum absolute atomic E-state index is 12.9. The van der Waals surface area contributed by atoms with Gasteiger partial charge in [-0.15, -0.1) is 0 Å². The number of benzene rings is 1. The molecule has 0 N–H and O–H groups in total. The maximum Gasteiger partial charge on any atom is 0.303 e. The predicted molar refractivity (Wildman–Crippen MR) is 79.6 cm³/mol. The van der Waals surface area contributed by atoms with Crippen molar-refractivity contribution in [2.24, 2.45) is 0 Å². The van der Waals surface area contributed by atoms with Crippen LogP contribution >= 0.6 is 0 Å². The number of amides is 1. The SMILES string of the molecule is CC(=O)O[C@H]1CC(=O)N(C(C)C)C1S(=O)(=O)c1ccccc1. The highest BCUT2D eigenvalue weighted by Gasteiger charge is 2.50. The Balaban J connectivity index is 2.49.